The van der Waals surface area contributed by atoms with E-state index in [4.69, 9.17) is 4.74 Å². The zero-order valence-corrected chi connectivity index (χ0v) is 10.9. The van der Waals surface area contributed by atoms with Gasteiger partial charge in [-0.05, 0) is 43.2 Å². The Balaban J connectivity index is 2.01. The smallest absolute Gasteiger partial charge is 0.123 e. The van der Waals surface area contributed by atoms with Gasteiger partial charge >= 0.3 is 0 Å². The van der Waals surface area contributed by atoms with Crippen LogP contribution in [0.15, 0.2) is 30.3 Å². The van der Waals surface area contributed by atoms with Crippen LogP contribution in [0.4, 0.5) is 0 Å². The lowest BCUT2D eigenvalue weighted by molar-refractivity contribution is 0.307. The van der Waals surface area contributed by atoms with Crippen LogP contribution in [0.1, 0.15) is 22.2 Å². The van der Waals surface area contributed by atoms with Crippen molar-refractivity contribution in [2.75, 3.05) is 0 Å². The Hall–Kier alpha value is -1.48. The normalized spacial score (nSPS) is 10.5. The van der Waals surface area contributed by atoms with Gasteiger partial charge in [0.2, 0.25) is 0 Å². The number of thiophene rings is 1. The average Bonchev–Trinajstić information content (AvgIpc) is 2.73. The highest BCUT2D eigenvalue weighted by Gasteiger charge is 2.02. The Bertz CT molecular complexity index is 482. The standard InChI is InChI=1S/C14H16O2S/c1-3-13-4-5-14(17-13)9-16-12-7-10(2)6-11(15)8-12/h4-8,15H,3,9H2,1-2H3. The van der Waals surface area contributed by atoms with Crippen LogP contribution in [0.3, 0.4) is 0 Å². The largest absolute Gasteiger partial charge is 0.508 e. The van der Waals surface area contributed by atoms with Gasteiger partial charge in [0.25, 0.3) is 0 Å². The molecule has 0 atom stereocenters. The molecule has 17 heavy (non-hydrogen) atoms. The molecule has 90 valence electrons. The van der Waals surface area contributed by atoms with Gasteiger partial charge in [-0.25, -0.2) is 0 Å². The number of hydrogen-bond acceptors (Lipinski definition) is 3. The van der Waals surface area contributed by atoms with Crippen LogP contribution in [0.25, 0.3) is 0 Å². The van der Waals surface area contributed by atoms with Gasteiger partial charge < -0.3 is 9.84 Å². The number of phenols is 1. The Labute approximate surface area is 105 Å². The molecular formula is C14H16O2S. The quantitative estimate of drug-likeness (QED) is 0.889. The van der Waals surface area contributed by atoms with Crippen molar-refractivity contribution in [3.05, 3.63) is 45.6 Å². The zero-order chi connectivity index (χ0) is 12.3. The van der Waals surface area contributed by atoms with E-state index in [9.17, 15) is 5.11 Å². The second-order valence-electron chi connectivity index (χ2n) is 4.01. The van der Waals surface area contributed by atoms with E-state index in [0.717, 1.165) is 12.0 Å². The zero-order valence-electron chi connectivity index (χ0n) is 10.1. The van der Waals surface area contributed by atoms with Gasteiger partial charge in [0, 0.05) is 15.8 Å². The van der Waals surface area contributed by atoms with Crippen LogP contribution in [0.2, 0.25) is 0 Å². The Morgan fingerprint density at radius 3 is 2.59 bits per heavy atom. The molecule has 0 aliphatic carbocycles. The minimum absolute atomic E-state index is 0.250. The van der Waals surface area contributed by atoms with Crippen LogP contribution in [-0.4, -0.2) is 5.11 Å². The Kier molecular flexibility index (Phi) is 3.69. The first-order valence-electron chi connectivity index (χ1n) is 5.68. The fourth-order valence-corrected chi connectivity index (χ4v) is 2.53. The Morgan fingerprint density at radius 2 is 1.94 bits per heavy atom. The molecule has 2 nitrogen and oxygen atoms in total. The molecule has 1 aromatic carbocycles. The first-order valence-corrected chi connectivity index (χ1v) is 6.50. The van der Waals surface area contributed by atoms with Gasteiger partial charge in [-0.2, -0.15) is 0 Å². The highest BCUT2D eigenvalue weighted by Crippen LogP contribution is 2.23. The van der Waals surface area contributed by atoms with E-state index >= 15 is 0 Å². The second kappa shape index (κ2) is 5.23. The van der Waals surface area contributed by atoms with Crippen LogP contribution < -0.4 is 4.74 Å². The minimum atomic E-state index is 0.250. The highest BCUT2D eigenvalue weighted by molar-refractivity contribution is 7.11. The van der Waals surface area contributed by atoms with Crippen molar-refractivity contribution in [2.24, 2.45) is 0 Å². The molecule has 1 aromatic heterocycles. The second-order valence-corrected chi connectivity index (χ2v) is 5.27. The molecule has 3 heteroatoms. The van der Waals surface area contributed by atoms with E-state index in [1.807, 2.05) is 13.0 Å². The molecule has 1 heterocycles. The third-order valence-electron chi connectivity index (χ3n) is 2.48. The number of aryl methyl sites for hydroxylation is 2. The maximum Gasteiger partial charge on any atom is 0.123 e. The summed E-state index contributed by atoms with van der Waals surface area (Å²) in [7, 11) is 0. The molecule has 2 rings (SSSR count). The lowest BCUT2D eigenvalue weighted by atomic mass is 10.2. The van der Waals surface area contributed by atoms with Crippen LogP contribution in [-0.2, 0) is 13.0 Å². The SMILES string of the molecule is CCc1ccc(COc2cc(C)cc(O)c2)s1. The van der Waals surface area contributed by atoms with E-state index in [-0.39, 0.29) is 5.75 Å². The van der Waals surface area contributed by atoms with Crippen molar-refractivity contribution in [3.8, 4) is 11.5 Å². The molecule has 0 fully saturated rings. The summed E-state index contributed by atoms with van der Waals surface area (Å²) >= 11 is 1.77. The number of benzene rings is 1. The summed E-state index contributed by atoms with van der Waals surface area (Å²) in [6.45, 7) is 4.65. The van der Waals surface area contributed by atoms with E-state index < -0.39 is 0 Å². The van der Waals surface area contributed by atoms with Crippen LogP contribution >= 0.6 is 11.3 Å². The molecule has 0 radical (unpaired) electrons. The van der Waals surface area contributed by atoms with Gasteiger partial charge in [0.05, 0.1) is 0 Å². The summed E-state index contributed by atoms with van der Waals surface area (Å²) in [4.78, 5) is 2.58. The lowest BCUT2D eigenvalue weighted by Gasteiger charge is -2.06. The fourth-order valence-electron chi connectivity index (χ4n) is 1.66. The minimum Gasteiger partial charge on any atom is -0.508 e. The van der Waals surface area contributed by atoms with Crippen molar-refractivity contribution in [1.82, 2.24) is 0 Å². The molecular weight excluding hydrogens is 232 g/mol. The van der Waals surface area contributed by atoms with Gasteiger partial charge in [-0.3, -0.25) is 0 Å². The predicted octanol–water partition coefficient (Wildman–Crippen LogP) is 3.90. The number of aromatic hydroxyl groups is 1. The molecule has 0 unspecified atom stereocenters. The van der Waals surface area contributed by atoms with Gasteiger partial charge in [-0.1, -0.05) is 6.92 Å². The first-order chi connectivity index (χ1) is 8.17. The maximum absolute atomic E-state index is 9.46. The van der Waals surface area contributed by atoms with Crippen LogP contribution in [0.5, 0.6) is 11.5 Å². The number of phenolic OH excluding ortho intramolecular Hbond substituents is 1. The third-order valence-corrected chi connectivity index (χ3v) is 3.69. The monoisotopic (exact) mass is 248 g/mol. The molecule has 0 bridgehead atoms. The summed E-state index contributed by atoms with van der Waals surface area (Å²) in [5.41, 5.74) is 1.00. The molecule has 0 saturated carbocycles. The maximum atomic E-state index is 9.46. The molecule has 0 aliphatic rings. The average molecular weight is 248 g/mol. The molecule has 2 aromatic rings. The van der Waals surface area contributed by atoms with Gasteiger partial charge in [0.1, 0.15) is 18.1 Å². The topological polar surface area (TPSA) is 29.5 Å². The van der Waals surface area contributed by atoms with E-state index in [0.29, 0.717) is 12.4 Å². The molecule has 1 N–H and O–H groups in total. The van der Waals surface area contributed by atoms with E-state index in [1.165, 1.54) is 9.75 Å². The third kappa shape index (κ3) is 3.24. The number of hydrogen-bond donors (Lipinski definition) is 1. The summed E-state index contributed by atoms with van der Waals surface area (Å²) in [5, 5.41) is 9.46. The summed E-state index contributed by atoms with van der Waals surface area (Å²) in [6.07, 6.45) is 1.07. The van der Waals surface area contributed by atoms with Crippen LogP contribution in [0, 0.1) is 6.92 Å². The Morgan fingerprint density at radius 1 is 1.18 bits per heavy atom. The summed E-state index contributed by atoms with van der Waals surface area (Å²) < 4.78 is 5.66. The van der Waals surface area contributed by atoms with Crippen molar-refractivity contribution >= 4 is 11.3 Å². The highest BCUT2D eigenvalue weighted by atomic mass is 32.1. The lowest BCUT2D eigenvalue weighted by Crippen LogP contribution is -1.92. The van der Waals surface area contributed by atoms with Crippen molar-refractivity contribution < 1.29 is 9.84 Å². The molecule has 0 amide bonds. The van der Waals surface area contributed by atoms with Crippen molar-refractivity contribution in [3.63, 3.8) is 0 Å². The first kappa shape index (κ1) is 12.0. The predicted molar refractivity (Wildman–Crippen MR) is 70.9 cm³/mol. The molecule has 0 aliphatic heterocycles. The van der Waals surface area contributed by atoms with Crippen molar-refractivity contribution in [2.45, 2.75) is 26.9 Å². The summed E-state index contributed by atoms with van der Waals surface area (Å²) in [6, 6.07) is 9.51. The molecule has 0 spiro atoms. The number of ether oxygens (including phenoxy) is 1. The van der Waals surface area contributed by atoms with Gasteiger partial charge in [0.15, 0.2) is 0 Å². The summed E-state index contributed by atoms with van der Waals surface area (Å²) in [5.74, 6) is 0.967. The van der Waals surface area contributed by atoms with E-state index in [1.54, 1.807) is 23.5 Å². The van der Waals surface area contributed by atoms with E-state index in [2.05, 4.69) is 19.1 Å². The fraction of sp³-hybridized carbons (Fsp3) is 0.286. The molecule has 0 saturated heterocycles. The number of rotatable bonds is 4. The van der Waals surface area contributed by atoms with Gasteiger partial charge in [-0.15, -0.1) is 11.3 Å². The van der Waals surface area contributed by atoms with Crippen molar-refractivity contribution in [1.29, 1.82) is 0 Å².